The zero-order valence-electron chi connectivity index (χ0n) is 9.95. The maximum Gasteiger partial charge on any atom is 0.509 e. The molecule has 6 nitrogen and oxygen atoms in total. The molecule has 0 atom stereocenters. The predicted molar refractivity (Wildman–Crippen MR) is 66.2 cm³/mol. The van der Waals surface area contributed by atoms with Gasteiger partial charge in [0.05, 0.1) is 11.8 Å². The van der Waals surface area contributed by atoms with E-state index in [0.29, 0.717) is 0 Å². The maximum absolute atomic E-state index is 8.92. The predicted octanol–water partition coefficient (Wildman–Crippen LogP) is -1.70. The Balaban J connectivity index is 1.99. The molecule has 0 amide bonds. The summed E-state index contributed by atoms with van der Waals surface area (Å²) in [5, 5.41) is 17.8. The molecule has 1 aromatic rings. The number of hydrogen-bond acceptors (Lipinski definition) is 6. The molecule has 17 heavy (non-hydrogen) atoms. The molecule has 1 aliphatic rings. The van der Waals surface area contributed by atoms with Crippen molar-refractivity contribution >= 4 is 18.5 Å². The Morgan fingerprint density at radius 3 is 2.35 bits per heavy atom. The van der Waals surface area contributed by atoms with E-state index in [2.05, 4.69) is 26.7 Å². The lowest BCUT2D eigenvalue weighted by atomic mass is 9.87. The van der Waals surface area contributed by atoms with E-state index < -0.39 is 7.12 Å². The molecular formula is C10H17BN4O2. The zero-order chi connectivity index (χ0) is 12.3. The molecule has 2 heterocycles. The largest absolute Gasteiger partial charge is 0.509 e. The molecule has 2 rings (SSSR count). The highest BCUT2D eigenvalue weighted by atomic mass is 16.4. The van der Waals surface area contributed by atoms with Crippen molar-refractivity contribution in [3.8, 4) is 0 Å². The van der Waals surface area contributed by atoms with E-state index in [0.717, 1.165) is 38.5 Å². The Kier molecular flexibility index (Phi) is 3.93. The molecule has 2 N–H and O–H groups in total. The van der Waals surface area contributed by atoms with E-state index in [9.17, 15) is 0 Å². The topological polar surface area (TPSA) is 72.7 Å². The summed E-state index contributed by atoms with van der Waals surface area (Å²) in [7, 11) is -1.55. The molecule has 92 valence electrons. The Hall–Kier alpha value is -1.18. The first-order valence-corrected chi connectivity index (χ1v) is 5.86. The van der Waals surface area contributed by atoms with Crippen LogP contribution in [-0.2, 0) is 0 Å². The normalized spacial score (nSPS) is 17.2. The van der Waals surface area contributed by atoms with Gasteiger partial charge < -0.3 is 19.8 Å². The molecule has 0 aromatic carbocycles. The average molecular weight is 236 g/mol. The lowest BCUT2D eigenvalue weighted by Crippen LogP contribution is -2.46. The van der Waals surface area contributed by atoms with Gasteiger partial charge in [-0.05, 0) is 6.54 Å². The summed E-state index contributed by atoms with van der Waals surface area (Å²) in [6.07, 6.45) is 3.00. The van der Waals surface area contributed by atoms with Gasteiger partial charge in [0.2, 0.25) is 0 Å². The fourth-order valence-electron chi connectivity index (χ4n) is 1.92. The summed E-state index contributed by atoms with van der Waals surface area (Å²) in [5.74, 6) is 0.796. The Morgan fingerprint density at radius 2 is 1.88 bits per heavy atom. The Bertz CT molecular complexity index is 352. The van der Waals surface area contributed by atoms with Crippen LogP contribution in [0.25, 0.3) is 0 Å². The first kappa shape index (κ1) is 12.3. The van der Waals surface area contributed by atoms with Crippen LogP contribution in [-0.4, -0.2) is 64.8 Å². The number of piperazine rings is 1. The Labute approximate surface area is 101 Å². The van der Waals surface area contributed by atoms with Crippen molar-refractivity contribution < 1.29 is 10.0 Å². The van der Waals surface area contributed by atoms with Gasteiger partial charge in [-0.15, -0.1) is 0 Å². The molecule has 0 spiro atoms. The van der Waals surface area contributed by atoms with Gasteiger partial charge in [-0.25, -0.2) is 4.98 Å². The van der Waals surface area contributed by atoms with Crippen LogP contribution in [0.2, 0.25) is 0 Å². The highest BCUT2D eigenvalue weighted by molar-refractivity contribution is 6.57. The first-order valence-electron chi connectivity index (χ1n) is 5.86. The second-order valence-corrected chi connectivity index (χ2v) is 4.09. The van der Waals surface area contributed by atoms with Crippen LogP contribution < -0.4 is 10.5 Å². The molecular weight excluding hydrogens is 219 g/mol. The van der Waals surface area contributed by atoms with E-state index in [-0.39, 0.29) is 5.59 Å². The van der Waals surface area contributed by atoms with Gasteiger partial charge >= 0.3 is 7.12 Å². The summed E-state index contributed by atoms with van der Waals surface area (Å²) in [6, 6.07) is 0. The van der Waals surface area contributed by atoms with Crippen molar-refractivity contribution in [2.75, 3.05) is 37.6 Å². The summed E-state index contributed by atoms with van der Waals surface area (Å²) in [6.45, 7) is 7.17. The fourth-order valence-corrected chi connectivity index (χ4v) is 1.92. The lowest BCUT2D eigenvalue weighted by molar-refractivity contribution is 0.270. The van der Waals surface area contributed by atoms with Crippen molar-refractivity contribution in [2.24, 2.45) is 0 Å². The van der Waals surface area contributed by atoms with E-state index in [1.54, 1.807) is 6.20 Å². The standard InChI is InChI=1S/C10H17BN4O2/c1-2-14-3-5-15(6-4-14)10-8-12-9(7-13-10)11(16)17/h7-8,16-17H,2-6H2,1H3. The van der Waals surface area contributed by atoms with Gasteiger partial charge in [0, 0.05) is 32.4 Å². The maximum atomic E-state index is 8.92. The molecule has 0 radical (unpaired) electrons. The third-order valence-electron chi connectivity index (χ3n) is 3.07. The molecule has 1 aliphatic heterocycles. The van der Waals surface area contributed by atoms with E-state index in [1.165, 1.54) is 6.20 Å². The number of nitrogens with zero attached hydrogens (tertiary/aromatic N) is 4. The van der Waals surface area contributed by atoms with Gasteiger partial charge in [-0.2, -0.15) is 0 Å². The lowest BCUT2D eigenvalue weighted by Gasteiger charge is -2.34. The second-order valence-electron chi connectivity index (χ2n) is 4.09. The Morgan fingerprint density at radius 1 is 1.18 bits per heavy atom. The first-order chi connectivity index (χ1) is 8.20. The number of anilines is 1. The second kappa shape index (κ2) is 5.44. The molecule has 0 aliphatic carbocycles. The molecule has 0 bridgehead atoms. The number of aromatic nitrogens is 2. The monoisotopic (exact) mass is 236 g/mol. The third-order valence-corrected chi connectivity index (χ3v) is 3.07. The van der Waals surface area contributed by atoms with Crippen molar-refractivity contribution in [1.82, 2.24) is 14.9 Å². The molecule has 0 unspecified atom stereocenters. The average Bonchev–Trinajstić information content (AvgIpc) is 2.39. The third kappa shape index (κ3) is 2.93. The highest BCUT2D eigenvalue weighted by Crippen LogP contribution is 2.10. The van der Waals surface area contributed by atoms with Gasteiger partial charge in [0.25, 0.3) is 0 Å². The quantitative estimate of drug-likeness (QED) is 0.609. The van der Waals surface area contributed by atoms with E-state index >= 15 is 0 Å². The van der Waals surface area contributed by atoms with Crippen LogP contribution >= 0.6 is 0 Å². The van der Waals surface area contributed by atoms with E-state index in [1.807, 2.05) is 0 Å². The van der Waals surface area contributed by atoms with Crippen molar-refractivity contribution in [3.63, 3.8) is 0 Å². The minimum absolute atomic E-state index is 0.181. The van der Waals surface area contributed by atoms with Crippen LogP contribution in [0.4, 0.5) is 5.82 Å². The van der Waals surface area contributed by atoms with Crippen LogP contribution in [0.15, 0.2) is 12.4 Å². The van der Waals surface area contributed by atoms with Crippen LogP contribution in [0.1, 0.15) is 6.92 Å². The minimum atomic E-state index is -1.55. The molecule has 7 heteroatoms. The van der Waals surface area contributed by atoms with Gasteiger partial charge in [0.1, 0.15) is 5.82 Å². The number of rotatable bonds is 3. The highest BCUT2D eigenvalue weighted by Gasteiger charge is 2.18. The minimum Gasteiger partial charge on any atom is -0.422 e. The van der Waals surface area contributed by atoms with Crippen molar-refractivity contribution in [1.29, 1.82) is 0 Å². The number of likely N-dealkylation sites (N-methyl/N-ethyl adjacent to an activating group) is 1. The molecule has 0 saturated carbocycles. The summed E-state index contributed by atoms with van der Waals surface area (Å²) < 4.78 is 0. The molecule has 1 aromatic heterocycles. The van der Waals surface area contributed by atoms with Crippen LogP contribution in [0, 0.1) is 0 Å². The van der Waals surface area contributed by atoms with Crippen molar-refractivity contribution in [2.45, 2.75) is 6.92 Å². The number of hydrogen-bond donors (Lipinski definition) is 2. The smallest absolute Gasteiger partial charge is 0.422 e. The zero-order valence-corrected chi connectivity index (χ0v) is 9.95. The van der Waals surface area contributed by atoms with Crippen molar-refractivity contribution in [3.05, 3.63) is 12.4 Å². The SMILES string of the molecule is CCN1CCN(c2cnc(B(O)O)cn2)CC1. The summed E-state index contributed by atoms with van der Waals surface area (Å²) >= 11 is 0. The molecule has 1 saturated heterocycles. The summed E-state index contributed by atoms with van der Waals surface area (Å²) in [5.41, 5.74) is 0.181. The molecule has 1 fully saturated rings. The summed E-state index contributed by atoms with van der Waals surface area (Å²) in [4.78, 5) is 12.7. The van der Waals surface area contributed by atoms with Gasteiger partial charge in [0.15, 0.2) is 0 Å². The van der Waals surface area contributed by atoms with Gasteiger partial charge in [-0.3, -0.25) is 4.98 Å². The fraction of sp³-hybridized carbons (Fsp3) is 0.600. The van der Waals surface area contributed by atoms with Crippen LogP contribution in [0.3, 0.4) is 0 Å². The van der Waals surface area contributed by atoms with Crippen LogP contribution in [0.5, 0.6) is 0 Å². The van der Waals surface area contributed by atoms with Gasteiger partial charge in [-0.1, -0.05) is 6.92 Å². The van der Waals surface area contributed by atoms with E-state index in [4.69, 9.17) is 10.0 Å².